The lowest BCUT2D eigenvalue weighted by Gasteiger charge is -2.18. The molecule has 0 unspecified atom stereocenters. The summed E-state index contributed by atoms with van der Waals surface area (Å²) in [5.74, 6) is -1.13. The standard InChI is InChI=1S/C17H17ClN2O4.C6H3Cl2NO.C6H4ClNO2/c1-17(2,3)24-16(22)23-12-8-6-11(7-9-12)20-15(21)13-5-4-10-19-14(13)18;7-5-4(6(8)10)2-1-3-9-5;7-5-4(6(9)10)2-1-3-8-5/h4-10H,1-3H3,(H,20,21);1-3H;1-3H,(H,9,10). The molecule has 0 saturated heterocycles. The molecule has 1 aromatic carbocycles. The maximum atomic E-state index is 12.1. The number of carboxylic acid groups (broad SMARTS) is 1. The number of hydrogen-bond donors (Lipinski definition) is 2. The van der Waals surface area contributed by atoms with Crippen LogP contribution in [0.2, 0.25) is 15.5 Å². The Bertz CT molecular complexity index is 1560. The molecule has 230 valence electrons. The highest BCUT2D eigenvalue weighted by Gasteiger charge is 2.18. The number of hydrogen-bond acceptors (Lipinski definition) is 9. The predicted molar refractivity (Wildman–Crippen MR) is 166 cm³/mol. The molecule has 0 aliphatic carbocycles. The molecule has 2 N–H and O–H groups in total. The fourth-order valence-electron chi connectivity index (χ4n) is 2.81. The maximum Gasteiger partial charge on any atom is 0.514 e. The van der Waals surface area contributed by atoms with Crippen molar-refractivity contribution in [3.8, 4) is 5.75 Å². The summed E-state index contributed by atoms with van der Waals surface area (Å²) >= 11 is 22.0. The largest absolute Gasteiger partial charge is 0.514 e. The van der Waals surface area contributed by atoms with Crippen LogP contribution in [0.25, 0.3) is 0 Å². The Hall–Kier alpha value is -4.29. The first kappa shape index (κ1) is 35.9. The molecule has 11 nitrogen and oxygen atoms in total. The van der Waals surface area contributed by atoms with Gasteiger partial charge in [-0.1, -0.05) is 34.8 Å². The average molecular weight is 682 g/mol. The third-order valence-electron chi connectivity index (χ3n) is 4.67. The Morgan fingerprint density at radius 1 is 0.727 bits per heavy atom. The van der Waals surface area contributed by atoms with Crippen molar-refractivity contribution in [1.82, 2.24) is 15.0 Å². The van der Waals surface area contributed by atoms with E-state index in [1.54, 1.807) is 63.2 Å². The number of nitrogens with one attached hydrogen (secondary N) is 1. The zero-order valence-corrected chi connectivity index (χ0v) is 26.3. The molecule has 0 saturated carbocycles. The number of carbonyl (C=O) groups excluding carboxylic acids is 3. The number of carbonyl (C=O) groups is 4. The molecule has 4 rings (SSSR count). The molecular formula is C29H24Cl4N4O7. The molecule has 3 aromatic heterocycles. The Morgan fingerprint density at radius 2 is 1.18 bits per heavy atom. The van der Waals surface area contributed by atoms with E-state index >= 15 is 0 Å². The minimum atomic E-state index is -1.06. The fraction of sp³-hybridized carbons (Fsp3) is 0.138. The Labute approximate surface area is 272 Å². The molecule has 0 atom stereocenters. The van der Waals surface area contributed by atoms with Crippen molar-refractivity contribution in [1.29, 1.82) is 0 Å². The van der Waals surface area contributed by atoms with Gasteiger partial charge in [0.1, 0.15) is 26.8 Å². The van der Waals surface area contributed by atoms with E-state index in [0.29, 0.717) is 11.4 Å². The molecule has 0 fully saturated rings. The summed E-state index contributed by atoms with van der Waals surface area (Å²) in [6, 6.07) is 15.5. The van der Waals surface area contributed by atoms with Gasteiger partial charge in [0.15, 0.2) is 0 Å². The normalized spacial score (nSPS) is 10.2. The number of aromatic carboxylic acids is 1. The van der Waals surface area contributed by atoms with Crippen molar-refractivity contribution >= 4 is 75.4 Å². The summed E-state index contributed by atoms with van der Waals surface area (Å²) in [4.78, 5) is 55.6. The smallest absolute Gasteiger partial charge is 0.478 e. The van der Waals surface area contributed by atoms with Gasteiger partial charge in [-0.15, -0.1) is 0 Å². The van der Waals surface area contributed by atoms with Gasteiger partial charge in [-0.3, -0.25) is 9.59 Å². The van der Waals surface area contributed by atoms with Crippen LogP contribution in [0.4, 0.5) is 10.5 Å². The summed E-state index contributed by atoms with van der Waals surface area (Å²) in [6.45, 7) is 5.24. The van der Waals surface area contributed by atoms with Crippen molar-refractivity contribution in [2.45, 2.75) is 26.4 Å². The first-order chi connectivity index (χ1) is 20.7. The quantitative estimate of drug-likeness (QED) is 0.0919. The number of rotatable bonds is 5. The molecule has 0 aliphatic rings. The van der Waals surface area contributed by atoms with Crippen molar-refractivity contribution < 1.29 is 33.8 Å². The molecular weight excluding hydrogens is 658 g/mol. The van der Waals surface area contributed by atoms with Crippen LogP contribution in [0.15, 0.2) is 79.3 Å². The van der Waals surface area contributed by atoms with Crippen LogP contribution in [0.5, 0.6) is 5.75 Å². The molecule has 0 bridgehead atoms. The topological polar surface area (TPSA) is 158 Å². The van der Waals surface area contributed by atoms with Crippen molar-refractivity contribution in [2.24, 2.45) is 0 Å². The van der Waals surface area contributed by atoms with Gasteiger partial charge in [0.05, 0.1) is 16.7 Å². The second-order valence-corrected chi connectivity index (χ2v) is 10.6. The highest BCUT2D eigenvalue weighted by Crippen LogP contribution is 2.20. The molecule has 1 amide bonds. The summed E-state index contributed by atoms with van der Waals surface area (Å²) in [5.41, 5.74) is 0.438. The van der Waals surface area contributed by atoms with Crippen molar-refractivity contribution in [3.05, 3.63) is 111 Å². The number of halogens is 4. The number of anilines is 1. The van der Waals surface area contributed by atoms with E-state index in [2.05, 4.69) is 20.3 Å². The molecule has 44 heavy (non-hydrogen) atoms. The molecule has 0 spiro atoms. The van der Waals surface area contributed by atoms with E-state index in [1.807, 2.05) is 0 Å². The molecule has 15 heteroatoms. The lowest BCUT2D eigenvalue weighted by atomic mass is 10.2. The van der Waals surface area contributed by atoms with Gasteiger partial charge in [0.25, 0.3) is 11.1 Å². The fourth-order valence-corrected chi connectivity index (χ4v) is 3.62. The lowest BCUT2D eigenvalue weighted by Crippen LogP contribution is -2.25. The van der Waals surface area contributed by atoms with E-state index < -0.39 is 23.0 Å². The lowest BCUT2D eigenvalue weighted by molar-refractivity contribution is 0.0205. The van der Waals surface area contributed by atoms with Crippen molar-refractivity contribution in [3.63, 3.8) is 0 Å². The van der Waals surface area contributed by atoms with Gasteiger partial charge in [-0.25, -0.2) is 24.5 Å². The third-order valence-corrected chi connectivity index (χ3v) is 5.77. The second-order valence-electron chi connectivity index (χ2n) is 9.15. The minimum absolute atomic E-state index is 0.0231. The van der Waals surface area contributed by atoms with Crippen LogP contribution in [0.1, 0.15) is 51.8 Å². The summed E-state index contributed by atoms with van der Waals surface area (Å²) in [5, 5.41) is 10.8. The highest BCUT2D eigenvalue weighted by atomic mass is 35.5. The van der Waals surface area contributed by atoms with E-state index in [0.717, 1.165) is 0 Å². The first-order valence-electron chi connectivity index (χ1n) is 12.2. The Kier molecular flexibility index (Phi) is 14.0. The Balaban J connectivity index is 0.000000276. The number of benzene rings is 1. The van der Waals surface area contributed by atoms with Gasteiger partial charge < -0.3 is 19.9 Å². The van der Waals surface area contributed by atoms with E-state index in [4.69, 9.17) is 61.0 Å². The second kappa shape index (κ2) is 17.1. The zero-order valence-electron chi connectivity index (χ0n) is 23.3. The summed E-state index contributed by atoms with van der Waals surface area (Å²) in [6.07, 6.45) is 3.64. The minimum Gasteiger partial charge on any atom is -0.478 e. The van der Waals surface area contributed by atoms with Gasteiger partial charge in [0, 0.05) is 24.3 Å². The highest BCUT2D eigenvalue weighted by molar-refractivity contribution is 6.68. The number of nitrogens with zero attached hydrogens (tertiary/aromatic N) is 3. The first-order valence-corrected chi connectivity index (χ1v) is 13.8. The number of ether oxygens (including phenoxy) is 2. The van der Waals surface area contributed by atoms with Gasteiger partial charge in [-0.05, 0) is 93.0 Å². The molecule has 3 heterocycles. The summed E-state index contributed by atoms with van der Waals surface area (Å²) < 4.78 is 10.1. The zero-order chi connectivity index (χ0) is 32.9. The SMILES string of the molecule is CC(C)(C)OC(=O)Oc1ccc(NC(=O)c2cccnc2Cl)cc1.O=C(Cl)c1cccnc1Cl.O=C(O)c1cccnc1Cl. The number of carboxylic acids is 1. The van der Waals surface area contributed by atoms with E-state index in [1.165, 1.54) is 36.8 Å². The predicted octanol–water partition coefficient (Wildman–Crippen LogP) is 7.85. The molecule has 0 aliphatic heterocycles. The third kappa shape index (κ3) is 12.5. The van der Waals surface area contributed by atoms with E-state index in [-0.39, 0.29) is 38.1 Å². The molecule has 4 aromatic rings. The van der Waals surface area contributed by atoms with Gasteiger partial charge >= 0.3 is 12.1 Å². The Morgan fingerprint density at radius 3 is 1.55 bits per heavy atom. The maximum absolute atomic E-state index is 12.1. The van der Waals surface area contributed by atoms with Crippen LogP contribution in [0.3, 0.4) is 0 Å². The number of pyridine rings is 3. The van der Waals surface area contributed by atoms with Crippen LogP contribution < -0.4 is 10.1 Å². The average Bonchev–Trinajstić information content (AvgIpc) is 2.94. The van der Waals surface area contributed by atoms with Crippen LogP contribution in [-0.2, 0) is 4.74 Å². The number of amides is 1. The van der Waals surface area contributed by atoms with E-state index in [9.17, 15) is 19.2 Å². The number of aromatic nitrogens is 3. The van der Waals surface area contributed by atoms with Gasteiger partial charge in [-0.2, -0.15) is 0 Å². The van der Waals surface area contributed by atoms with Crippen LogP contribution in [-0.4, -0.2) is 48.9 Å². The monoisotopic (exact) mass is 680 g/mol. The van der Waals surface area contributed by atoms with Crippen LogP contribution >= 0.6 is 46.4 Å². The summed E-state index contributed by atoms with van der Waals surface area (Å²) in [7, 11) is 0. The molecule has 0 radical (unpaired) electrons. The van der Waals surface area contributed by atoms with Crippen LogP contribution in [0, 0.1) is 0 Å². The van der Waals surface area contributed by atoms with Crippen molar-refractivity contribution in [2.75, 3.05) is 5.32 Å². The van der Waals surface area contributed by atoms with Gasteiger partial charge in [0.2, 0.25) is 0 Å².